The van der Waals surface area contributed by atoms with Crippen LogP contribution in [0.5, 0.6) is 0 Å². The van der Waals surface area contributed by atoms with E-state index in [0.717, 1.165) is 37.1 Å². The highest BCUT2D eigenvalue weighted by Crippen LogP contribution is 2.26. The average Bonchev–Trinajstić information content (AvgIpc) is 3.11. The van der Waals surface area contributed by atoms with E-state index >= 15 is 0 Å². The maximum absolute atomic E-state index is 12.4. The first-order chi connectivity index (χ1) is 13.6. The second kappa shape index (κ2) is 9.73. The lowest BCUT2D eigenvalue weighted by molar-refractivity contribution is -0.119. The Kier molecular flexibility index (Phi) is 7.08. The topological polar surface area (TPSA) is 88.9 Å². The van der Waals surface area contributed by atoms with E-state index in [1.807, 2.05) is 41.8 Å². The van der Waals surface area contributed by atoms with Crippen LogP contribution in [0, 0.1) is 0 Å². The van der Waals surface area contributed by atoms with Gasteiger partial charge in [-0.1, -0.05) is 61.4 Å². The van der Waals surface area contributed by atoms with Crippen LogP contribution in [0.2, 0.25) is 0 Å². The molecular formula is C20H27N5O2S. The fourth-order valence-corrected chi connectivity index (χ4v) is 4.27. The molecule has 1 aliphatic carbocycles. The van der Waals surface area contributed by atoms with Crippen molar-refractivity contribution in [2.75, 3.05) is 0 Å². The van der Waals surface area contributed by atoms with Crippen LogP contribution in [-0.2, 0) is 11.3 Å². The second-order valence-corrected chi connectivity index (χ2v) is 8.28. The van der Waals surface area contributed by atoms with Crippen molar-refractivity contribution < 1.29 is 9.59 Å². The molecule has 2 N–H and O–H groups in total. The zero-order chi connectivity index (χ0) is 19.9. The predicted octanol–water partition coefficient (Wildman–Crippen LogP) is 3.60. The van der Waals surface area contributed by atoms with Crippen LogP contribution in [-0.4, -0.2) is 38.0 Å². The maximum atomic E-state index is 12.4. The summed E-state index contributed by atoms with van der Waals surface area (Å²) >= 11 is 1.30. The summed E-state index contributed by atoms with van der Waals surface area (Å²) in [6.45, 7) is 4.48. The summed E-state index contributed by atoms with van der Waals surface area (Å²) in [4.78, 5) is 24.5. The maximum Gasteiger partial charge on any atom is 0.321 e. The van der Waals surface area contributed by atoms with E-state index in [9.17, 15) is 9.59 Å². The van der Waals surface area contributed by atoms with E-state index < -0.39 is 11.3 Å². The molecule has 150 valence electrons. The van der Waals surface area contributed by atoms with Gasteiger partial charge >= 0.3 is 6.03 Å². The van der Waals surface area contributed by atoms with Gasteiger partial charge in [0, 0.05) is 18.2 Å². The van der Waals surface area contributed by atoms with Gasteiger partial charge in [0.15, 0.2) is 11.0 Å². The number of urea groups is 1. The molecule has 1 fully saturated rings. The molecule has 1 aromatic carbocycles. The van der Waals surface area contributed by atoms with Gasteiger partial charge in [-0.25, -0.2) is 4.79 Å². The molecule has 1 atom stereocenters. The number of amides is 3. The summed E-state index contributed by atoms with van der Waals surface area (Å²) in [5.74, 6) is 0.443. The second-order valence-electron chi connectivity index (χ2n) is 6.97. The number of thioether (sulfide) groups is 1. The SMILES string of the molecule is CCn1c(S[C@@H](C)C(=O)NC(=O)NC2CCCCC2)nnc1-c1ccccc1. The molecule has 3 rings (SSSR count). The smallest absolute Gasteiger partial charge is 0.321 e. The number of carbonyl (C=O) groups excluding carboxylic acids is 2. The fraction of sp³-hybridized carbons (Fsp3) is 0.500. The third-order valence-electron chi connectivity index (χ3n) is 4.89. The molecule has 0 saturated heterocycles. The molecule has 8 heteroatoms. The molecule has 0 radical (unpaired) electrons. The Morgan fingerprint density at radius 1 is 1.18 bits per heavy atom. The van der Waals surface area contributed by atoms with Crippen molar-refractivity contribution in [2.24, 2.45) is 0 Å². The minimum absolute atomic E-state index is 0.168. The minimum atomic E-state index is -0.463. The van der Waals surface area contributed by atoms with Crippen LogP contribution in [0.3, 0.4) is 0 Å². The molecule has 1 aromatic heterocycles. The highest BCUT2D eigenvalue weighted by Gasteiger charge is 2.23. The molecule has 28 heavy (non-hydrogen) atoms. The van der Waals surface area contributed by atoms with E-state index in [2.05, 4.69) is 20.8 Å². The molecular weight excluding hydrogens is 374 g/mol. The summed E-state index contributed by atoms with van der Waals surface area (Å²) in [6.07, 6.45) is 5.43. The van der Waals surface area contributed by atoms with Crippen molar-refractivity contribution in [1.29, 1.82) is 0 Å². The molecule has 0 bridgehead atoms. The quantitative estimate of drug-likeness (QED) is 0.722. The average molecular weight is 402 g/mol. The van der Waals surface area contributed by atoms with Crippen molar-refractivity contribution in [2.45, 2.75) is 68.9 Å². The van der Waals surface area contributed by atoms with E-state index in [1.165, 1.54) is 18.2 Å². The molecule has 3 amide bonds. The van der Waals surface area contributed by atoms with Gasteiger partial charge in [-0.05, 0) is 26.7 Å². The van der Waals surface area contributed by atoms with Crippen molar-refractivity contribution in [3.8, 4) is 11.4 Å². The third-order valence-corrected chi connectivity index (χ3v) is 5.97. The zero-order valence-electron chi connectivity index (χ0n) is 16.4. The number of nitrogens with zero attached hydrogens (tertiary/aromatic N) is 3. The molecule has 7 nitrogen and oxygen atoms in total. The number of hydrogen-bond acceptors (Lipinski definition) is 5. The number of nitrogens with one attached hydrogen (secondary N) is 2. The van der Waals surface area contributed by atoms with Crippen LogP contribution in [0.25, 0.3) is 11.4 Å². The fourth-order valence-electron chi connectivity index (χ4n) is 3.36. The van der Waals surface area contributed by atoms with E-state index in [0.29, 0.717) is 11.7 Å². The van der Waals surface area contributed by atoms with Crippen LogP contribution in [0.1, 0.15) is 46.0 Å². The lowest BCUT2D eigenvalue weighted by Crippen LogP contribution is -2.47. The highest BCUT2D eigenvalue weighted by atomic mass is 32.2. The Morgan fingerprint density at radius 3 is 2.57 bits per heavy atom. The van der Waals surface area contributed by atoms with Gasteiger partial charge in [-0.2, -0.15) is 0 Å². The Balaban J connectivity index is 1.59. The van der Waals surface area contributed by atoms with Gasteiger partial charge in [0.05, 0.1) is 5.25 Å². The molecule has 1 aliphatic rings. The molecule has 1 saturated carbocycles. The summed E-state index contributed by atoms with van der Waals surface area (Å²) in [7, 11) is 0. The number of carbonyl (C=O) groups is 2. The molecule has 0 unspecified atom stereocenters. The lowest BCUT2D eigenvalue weighted by Gasteiger charge is -2.23. The van der Waals surface area contributed by atoms with Gasteiger partial charge in [0.2, 0.25) is 5.91 Å². The largest absolute Gasteiger partial charge is 0.335 e. The van der Waals surface area contributed by atoms with Gasteiger partial charge in [-0.3, -0.25) is 10.1 Å². The van der Waals surface area contributed by atoms with Gasteiger partial charge < -0.3 is 9.88 Å². The van der Waals surface area contributed by atoms with Crippen LogP contribution >= 0.6 is 11.8 Å². The summed E-state index contributed by atoms with van der Waals surface area (Å²) in [5, 5.41) is 14.1. The van der Waals surface area contributed by atoms with Gasteiger partial charge in [-0.15, -0.1) is 10.2 Å². The van der Waals surface area contributed by atoms with Crippen LogP contribution in [0.4, 0.5) is 4.79 Å². The van der Waals surface area contributed by atoms with Crippen molar-refractivity contribution >= 4 is 23.7 Å². The molecule has 1 heterocycles. The molecule has 0 spiro atoms. The third kappa shape index (κ3) is 5.13. The van der Waals surface area contributed by atoms with Crippen LogP contribution < -0.4 is 10.6 Å². The molecule has 0 aliphatic heterocycles. The first-order valence-electron chi connectivity index (χ1n) is 9.85. The van der Waals surface area contributed by atoms with Crippen LogP contribution in [0.15, 0.2) is 35.5 Å². The van der Waals surface area contributed by atoms with Crippen molar-refractivity contribution in [3.05, 3.63) is 30.3 Å². The normalized spacial score (nSPS) is 15.8. The minimum Gasteiger partial charge on any atom is -0.335 e. The number of aromatic nitrogens is 3. The summed E-state index contributed by atoms with van der Waals surface area (Å²) < 4.78 is 1.98. The molecule has 2 aromatic rings. The van der Waals surface area contributed by atoms with Crippen molar-refractivity contribution in [1.82, 2.24) is 25.4 Å². The van der Waals surface area contributed by atoms with E-state index in [4.69, 9.17) is 0 Å². The Labute approximate surface area is 169 Å². The Morgan fingerprint density at radius 2 is 1.89 bits per heavy atom. The first kappa shape index (κ1) is 20.4. The summed E-state index contributed by atoms with van der Waals surface area (Å²) in [5.41, 5.74) is 0.979. The number of benzene rings is 1. The van der Waals surface area contributed by atoms with E-state index in [-0.39, 0.29) is 11.9 Å². The Hall–Kier alpha value is -2.35. The van der Waals surface area contributed by atoms with Gasteiger partial charge in [0.1, 0.15) is 0 Å². The first-order valence-corrected chi connectivity index (χ1v) is 10.7. The predicted molar refractivity (Wildman–Crippen MR) is 110 cm³/mol. The summed E-state index contributed by atoms with van der Waals surface area (Å²) in [6, 6.07) is 9.59. The monoisotopic (exact) mass is 401 g/mol. The highest BCUT2D eigenvalue weighted by molar-refractivity contribution is 8.00. The van der Waals surface area contributed by atoms with Gasteiger partial charge in [0.25, 0.3) is 0 Å². The standard InChI is InChI=1S/C20H27N5O2S/c1-3-25-17(15-10-6-4-7-11-15)23-24-20(25)28-14(2)18(26)22-19(27)21-16-12-8-5-9-13-16/h4,6-7,10-11,14,16H,3,5,8-9,12-13H2,1-2H3,(H2,21,22,26,27)/t14-/m0/s1. The van der Waals surface area contributed by atoms with Crippen molar-refractivity contribution in [3.63, 3.8) is 0 Å². The number of imide groups is 1. The number of rotatable bonds is 6. The Bertz CT molecular complexity index is 802. The lowest BCUT2D eigenvalue weighted by atomic mass is 9.96. The number of hydrogen-bond donors (Lipinski definition) is 2. The zero-order valence-corrected chi connectivity index (χ0v) is 17.2. The van der Waals surface area contributed by atoms with E-state index in [1.54, 1.807) is 6.92 Å².